The van der Waals surface area contributed by atoms with Crippen LogP contribution in [-0.2, 0) is 9.59 Å². The van der Waals surface area contributed by atoms with E-state index in [9.17, 15) is 9.59 Å². The number of ether oxygens (including phenoxy) is 2. The minimum atomic E-state index is -0.613. The van der Waals surface area contributed by atoms with Crippen molar-refractivity contribution in [2.45, 2.75) is 38.1 Å². The molecule has 0 fully saturated rings. The van der Waals surface area contributed by atoms with Gasteiger partial charge in [-0.05, 0) is 48.4 Å². The molecule has 7 nitrogen and oxygen atoms in total. The zero-order valence-electron chi connectivity index (χ0n) is 20.0. The van der Waals surface area contributed by atoms with Gasteiger partial charge in [0.05, 0.1) is 37.9 Å². The molecule has 3 aromatic rings. The van der Waals surface area contributed by atoms with Gasteiger partial charge in [-0.3, -0.25) is 14.5 Å². The van der Waals surface area contributed by atoms with Gasteiger partial charge >= 0.3 is 0 Å². The van der Waals surface area contributed by atoms with E-state index in [1.807, 2.05) is 61.5 Å². The van der Waals surface area contributed by atoms with Gasteiger partial charge in [-0.15, -0.1) is 0 Å². The van der Waals surface area contributed by atoms with Crippen LogP contribution in [0.5, 0.6) is 11.5 Å². The van der Waals surface area contributed by atoms with Crippen molar-refractivity contribution in [1.82, 2.24) is 0 Å². The number of furan rings is 1. The standard InChI is InChI=1S/C28H28N2O5/c1-4-26(32)30-21-9-6-5-8-19(21)29-20-14-18(23-10-7-13-35-23)15-22(31)27(20)28(30)17-11-12-24(33-2)25(16-17)34-3/h5-13,16,18,28-29H,4,14-15H2,1-3H3/t18-,28+/m1/s1. The Morgan fingerprint density at radius 1 is 1.06 bits per heavy atom. The minimum absolute atomic E-state index is 0.0124. The summed E-state index contributed by atoms with van der Waals surface area (Å²) in [7, 11) is 3.15. The van der Waals surface area contributed by atoms with E-state index < -0.39 is 6.04 Å². The molecule has 0 radical (unpaired) electrons. The molecule has 0 saturated heterocycles. The number of hydrogen-bond acceptors (Lipinski definition) is 6. The molecule has 5 rings (SSSR count). The van der Waals surface area contributed by atoms with E-state index in [0.29, 0.717) is 36.3 Å². The Labute approximate surface area is 204 Å². The molecular formula is C28H28N2O5. The molecule has 180 valence electrons. The number of hydrogen-bond donors (Lipinski definition) is 1. The highest BCUT2D eigenvalue weighted by Gasteiger charge is 2.42. The van der Waals surface area contributed by atoms with E-state index >= 15 is 0 Å². The van der Waals surface area contributed by atoms with Crippen molar-refractivity contribution in [3.05, 3.63) is 83.5 Å². The monoisotopic (exact) mass is 472 g/mol. The van der Waals surface area contributed by atoms with Crippen LogP contribution in [0, 0.1) is 0 Å². The van der Waals surface area contributed by atoms with Gasteiger partial charge < -0.3 is 19.2 Å². The van der Waals surface area contributed by atoms with Crippen LogP contribution < -0.4 is 19.7 Å². The first kappa shape index (κ1) is 22.8. The van der Waals surface area contributed by atoms with Gasteiger partial charge in [0.15, 0.2) is 17.3 Å². The van der Waals surface area contributed by atoms with Crippen LogP contribution in [0.15, 0.2) is 76.5 Å². The maximum Gasteiger partial charge on any atom is 0.227 e. The van der Waals surface area contributed by atoms with E-state index in [1.54, 1.807) is 25.4 Å². The minimum Gasteiger partial charge on any atom is -0.493 e. The molecule has 1 amide bonds. The van der Waals surface area contributed by atoms with E-state index in [4.69, 9.17) is 13.9 Å². The molecule has 1 aromatic heterocycles. The number of methoxy groups -OCH3 is 2. The third kappa shape index (κ3) is 3.97. The number of rotatable bonds is 5. The molecule has 1 N–H and O–H groups in total. The molecule has 0 spiro atoms. The normalized spacial score (nSPS) is 19.4. The first-order chi connectivity index (χ1) is 17.0. The second kappa shape index (κ2) is 9.33. The Bertz CT molecular complexity index is 1290. The number of carbonyl (C=O) groups is 2. The predicted molar refractivity (Wildman–Crippen MR) is 133 cm³/mol. The Morgan fingerprint density at radius 3 is 2.57 bits per heavy atom. The van der Waals surface area contributed by atoms with Crippen LogP contribution in [0.4, 0.5) is 11.4 Å². The van der Waals surface area contributed by atoms with Crippen molar-refractivity contribution >= 4 is 23.1 Å². The van der Waals surface area contributed by atoms with Crippen molar-refractivity contribution in [3.8, 4) is 11.5 Å². The van der Waals surface area contributed by atoms with Gasteiger partial charge in [-0.1, -0.05) is 25.1 Å². The zero-order valence-corrected chi connectivity index (χ0v) is 20.0. The average Bonchev–Trinajstić information content (AvgIpc) is 3.38. The number of nitrogens with zero attached hydrogens (tertiary/aromatic N) is 1. The summed E-state index contributed by atoms with van der Waals surface area (Å²) in [5, 5.41) is 3.51. The molecule has 2 atom stereocenters. The van der Waals surface area contributed by atoms with Crippen LogP contribution in [-0.4, -0.2) is 25.9 Å². The fourth-order valence-corrected chi connectivity index (χ4v) is 5.10. The molecule has 1 aliphatic heterocycles. The first-order valence-corrected chi connectivity index (χ1v) is 11.7. The number of nitrogens with one attached hydrogen (secondary N) is 1. The topological polar surface area (TPSA) is 81.0 Å². The highest BCUT2D eigenvalue weighted by Crippen LogP contribution is 2.48. The predicted octanol–water partition coefficient (Wildman–Crippen LogP) is 5.61. The van der Waals surface area contributed by atoms with Crippen molar-refractivity contribution < 1.29 is 23.5 Å². The summed E-state index contributed by atoms with van der Waals surface area (Å²) in [5.74, 6) is 1.75. The summed E-state index contributed by atoms with van der Waals surface area (Å²) in [6.45, 7) is 1.83. The lowest BCUT2D eigenvalue weighted by Crippen LogP contribution is -2.38. The summed E-state index contributed by atoms with van der Waals surface area (Å²) in [5.41, 5.74) is 3.70. The lowest BCUT2D eigenvalue weighted by Gasteiger charge is -2.35. The number of ketones is 1. The van der Waals surface area contributed by atoms with Gasteiger partial charge in [0.1, 0.15) is 5.76 Å². The Morgan fingerprint density at radius 2 is 1.86 bits per heavy atom. The molecule has 2 heterocycles. The average molecular weight is 473 g/mol. The zero-order chi connectivity index (χ0) is 24.5. The molecule has 2 aromatic carbocycles. The Balaban J connectivity index is 1.74. The summed E-state index contributed by atoms with van der Waals surface area (Å²) in [6, 6.07) is 16.4. The fraction of sp³-hybridized carbons (Fsp3) is 0.286. The summed E-state index contributed by atoms with van der Waals surface area (Å²) < 4.78 is 16.6. The molecule has 7 heteroatoms. The van der Waals surface area contributed by atoms with Crippen molar-refractivity contribution in [1.29, 1.82) is 0 Å². The lowest BCUT2D eigenvalue weighted by molar-refractivity contribution is -0.119. The van der Waals surface area contributed by atoms with Crippen LogP contribution in [0.2, 0.25) is 0 Å². The number of carbonyl (C=O) groups excluding carboxylic acids is 2. The lowest BCUT2D eigenvalue weighted by atomic mass is 9.80. The second-order valence-corrected chi connectivity index (χ2v) is 8.71. The largest absolute Gasteiger partial charge is 0.493 e. The molecule has 1 aliphatic carbocycles. The molecule has 35 heavy (non-hydrogen) atoms. The summed E-state index contributed by atoms with van der Waals surface area (Å²) in [6.07, 6.45) is 2.83. The Hall–Kier alpha value is -4.00. The van der Waals surface area contributed by atoms with E-state index in [0.717, 1.165) is 28.4 Å². The quantitative estimate of drug-likeness (QED) is 0.520. The number of Topliss-reactive ketones (excluding diaryl/α,β-unsaturated/α-hetero) is 1. The number of anilines is 2. The van der Waals surface area contributed by atoms with Gasteiger partial charge in [0.25, 0.3) is 0 Å². The maximum absolute atomic E-state index is 13.8. The van der Waals surface area contributed by atoms with Crippen LogP contribution in [0.25, 0.3) is 0 Å². The number of benzene rings is 2. The van der Waals surface area contributed by atoms with Crippen LogP contribution in [0.3, 0.4) is 0 Å². The molecule has 2 aliphatic rings. The highest BCUT2D eigenvalue weighted by molar-refractivity contribution is 6.06. The third-order valence-corrected chi connectivity index (χ3v) is 6.73. The van der Waals surface area contributed by atoms with Gasteiger partial charge in [-0.2, -0.15) is 0 Å². The third-order valence-electron chi connectivity index (χ3n) is 6.73. The molecule has 0 unspecified atom stereocenters. The number of allylic oxidation sites excluding steroid dienone is 1. The van der Waals surface area contributed by atoms with Crippen molar-refractivity contribution in [3.63, 3.8) is 0 Å². The SMILES string of the molecule is CCC(=O)N1c2ccccc2NC2=C(C(=O)C[C@H](c3ccco3)C2)[C@@H]1c1ccc(OC)c(OC)c1. The smallest absolute Gasteiger partial charge is 0.227 e. The van der Waals surface area contributed by atoms with Gasteiger partial charge in [0, 0.05) is 30.0 Å². The molecule has 0 bridgehead atoms. The van der Waals surface area contributed by atoms with E-state index in [2.05, 4.69) is 5.32 Å². The number of amides is 1. The van der Waals surface area contributed by atoms with Crippen LogP contribution >= 0.6 is 0 Å². The van der Waals surface area contributed by atoms with Crippen molar-refractivity contribution in [2.24, 2.45) is 0 Å². The van der Waals surface area contributed by atoms with E-state index in [-0.39, 0.29) is 17.6 Å². The van der Waals surface area contributed by atoms with Gasteiger partial charge in [-0.25, -0.2) is 0 Å². The maximum atomic E-state index is 13.8. The summed E-state index contributed by atoms with van der Waals surface area (Å²) in [4.78, 5) is 29.0. The van der Waals surface area contributed by atoms with Crippen LogP contribution in [0.1, 0.15) is 49.5 Å². The number of fused-ring (bicyclic) bond motifs is 1. The summed E-state index contributed by atoms with van der Waals surface area (Å²) >= 11 is 0. The van der Waals surface area contributed by atoms with Crippen molar-refractivity contribution in [2.75, 3.05) is 24.4 Å². The van der Waals surface area contributed by atoms with E-state index in [1.165, 1.54) is 0 Å². The second-order valence-electron chi connectivity index (χ2n) is 8.71. The number of para-hydroxylation sites is 2. The first-order valence-electron chi connectivity index (χ1n) is 11.7. The highest BCUT2D eigenvalue weighted by atomic mass is 16.5. The molecular weight excluding hydrogens is 444 g/mol. The Kier molecular flexibility index (Phi) is 6.07. The van der Waals surface area contributed by atoms with Gasteiger partial charge in [0.2, 0.25) is 5.91 Å². The fourth-order valence-electron chi connectivity index (χ4n) is 5.10. The molecule has 0 saturated carbocycles.